The van der Waals surface area contributed by atoms with E-state index < -0.39 is 0 Å². The van der Waals surface area contributed by atoms with Crippen molar-refractivity contribution in [2.75, 3.05) is 18.4 Å². The van der Waals surface area contributed by atoms with E-state index in [0.29, 0.717) is 10.7 Å². The van der Waals surface area contributed by atoms with Gasteiger partial charge >= 0.3 is 0 Å². The second kappa shape index (κ2) is 6.68. The maximum absolute atomic E-state index is 12.0. The second-order valence-corrected chi connectivity index (χ2v) is 5.10. The summed E-state index contributed by atoms with van der Waals surface area (Å²) in [6.07, 6.45) is 3.85. The van der Waals surface area contributed by atoms with Gasteiger partial charge in [-0.2, -0.15) is 0 Å². The molecule has 1 saturated heterocycles. The van der Waals surface area contributed by atoms with Gasteiger partial charge in [0.25, 0.3) is 0 Å². The summed E-state index contributed by atoms with van der Waals surface area (Å²) in [7, 11) is 0. The highest BCUT2D eigenvalue weighted by Gasteiger charge is 2.23. The zero-order valence-electron chi connectivity index (χ0n) is 10.6. The first kappa shape index (κ1) is 14.0. The molecule has 1 aliphatic rings. The monoisotopic (exact) mass is 280 g/mol. The Morgan fingerprint density at radius 2 is 2.21 bits per heavy atom. The average Bonchev–Trinajstić information content (AvgIpc) is 2.42. The van der Waals surface area contributed by atoms with Crippen molar-refractivity contribution in [3.8, 4) is 0 Å². The van der Waals surface area contributed by atoms with Crippen LogP contribution in [-0.2, 0) is 9.59 Å². The van der Waals surface area contributed by atoms with Gasteiger partial charge in [0.05, 0.1) is 23.3 Å². The molecule has 0 radical (unpaired) electrons. The second-order valence-electron chi connectivity index (χ2n) is 4.70. The molecule has 0 aliphatic carbocycles. The molecule has 1 fully saturated rings. The number of nitrogens with one attached hydrogen (secondary N) is 1. The van der Waals surface area contributed by atoms with Crippen LogP contribution in [-0.4, -0.2) is 36.2 Å². The Hall–Kier alpha value is -1.39. The number of carbonyl (C=O) groups excluding carboxylic acids is 2. The minimum atomic E-state index is -0.137. The van der Waals surface area contributed by atoms with Gasteiger partial charge in [-0.05, 0) is 31.5 Å². The number of aldehydes is 1. The van der Waals surface area contributed by atoms with Crippen molar-refractivity contribution in [1.29, 1.82) is 0 Å². The third kappa shape index (κ3) is 3.78. The van der Waals surface area contributed by atoms with Crippen molar-refractivity contribution in [3.05, 3.63) is 29.3 Å². The Morgan fingerprint density at radius 1 is 1.42 bits per heavy atom. The number of amides is 1. The molecule has 1 aromatic rings. The SMILES string of the molecule is O=CC1CCCCN1CC(=O)Nc1ccccc1Cl. The zero-order chi connectivity index (χ0) is 13.7. The largest absolute Gasteiger partial charge is 0.324 e. The van der Waals surface area contributed by atoms with E-state index in [2.05, 4.69) is 5.32 Å². The van der Waals surface area contributed by atoms with Crippen LogP contribution >= 0.6 is 11.6 Å². The van der Waals surface area contributed by atoms with Crippen molar-refractivity contribution >= 4 is 29.5 Å². The Balaban J connectivity index is 1.94. The van der Waals surface area contributed by atoms with E-state index in [-0.39, 0.29) is 18.5 Å². The number of hydrogen-bond donors (Lipinski definition) is 1. The molecule has 1 atom stereocenters. The normalized spacial score (nSPS) is 19.9. The lowest BCUT2D eigenvalue weighted by atomic mass is 10.0. The van der Waals surface area contributed by atoms with E-state index in [1.165, 1.54) is 0 Å². The van der Waals surface area contributed by atoms with Gasteiger partial charge in [-0.1, -0.05) is 30.2 Å². The van der Waals surface area contributed by atoms with E-state index in [1.54, 1.807) is 12.1 Å². The predicted molar refractivity (Wildman–Crippen MR) is 75.4 cm³/mol. The van der Waals surface area contributed by atoms with Gasteiger partial charge < -0.3 is 10.1 Å². The fourth-order valence-corrected chi connectivity index (χ4v) is 2.49. The molecule has 1 aromatic carbocycles. The molecule has 1 unspecified atom stereocenters. The van der Waals surface area contributed by atoms with Crippen LogP contribution < -0.4 is 5.32 Å². The van der Waals surface area contributed by atoms with Crippen molar-refractivity contribution in [3.63, 3.8) is 0 Å². The number of nitrogens with zero attached hydrogens (tertiary/aromatic N) is 1. The first-order valence-electron chi connectivity index (χ1n) is 6.44. The van der Waals surface area contributed by atoms with Crippen molar-refractivity contribution in [2.24, 2.45) is 0 Å². The summed E-state index contributed by atoms with van der Waals surface area (Å²) in [5, 5.41) is 3.29. The highest BCUT2D eigenvalue weighted by atomic mass is 35.5. The molecule has 1 heterocycles. The van der Waals surface area contributed by atoms with Crippen LogP contribution in [0.25, 0.3) is 0 Å². The molecule has 0 spiro atoms. The highest BCUT2D eigenvalue weighted by Crippen LogP contribution is 2.21. The molecular formula is C14H17ClN2O2. The lowest BCUT2D eigenvalue weighted by Crippen LogP contribution is -2.44. The number of piperidine rings is 1. The molecule has 0 aromatic heterocycles. The summed E-state index contributed by atoms with van der Waals surface area (Å²) in [6.45, 7) is 1.02. The number of carbonyl (C=O) groups is 2. The lowest BCUT2D eigenvalue weighted by molar-refractivity contribution is -0.120. The summed E-state index contributed by atoms with van der Waals surface area (Å²) in [4.78, 5) is 24.9. The molecule has 0 bridgehead atoms. The Kier molecular flexibility index (Phi) is 4.93. The summed E-state index contributed by atoms with van der Waals surface area (Å²) >= 11 is 5.98. The van der Waals surface area contributed by atoms with Gasteiger partial charge in [0.1, 0.15) is 6.29 Å². The maximum atomic E-state index is 12.0. The minimum Gasteiger partial charge on any atom is -0.324 e. The van der Waals surface area contributed by atoms with Gasteiger partial charge in [0.2, 0.25) is 5.91 Å². The summed E-state index contributed by atoms with van der Waals surface area (Å²) in [5.41, 5.74) is 0.605. The molecule has 1 aliphatic heterocycles. The molecule has 0 saturated carbocycles. The molecule has 102 valence electrons. The third-order valence-corrected chi connectivity index (χ3v) is 3.65. The average molecular weight is 281 g/mol. The molecule has 1 N–H and O–H groups in total. The summed E-state index contributed by atoms with van der Waals surface area (Å²) in [5.74, 6) is -0.137. The van der Waals surface area contributed by atoms with Crippen LogP contribution in [0.3, 0.4) is 0 Å². The molecule has 1 amide bonds. The molecule has 4 nitrogen and oxygen atoms in total. The fourth-order valence-electron chi connectivity index (χ4n) is 2.30. The first-order chi connectivity index (χ1) is 9.20. The van der Waals surface area contributed by atoms with Crippen molar-refractivity contribution in [2.45, 2.75) is 25.3 Å². The van der Waals surface area contributed by atoms with Crippen LogP contribution in [0.5, 0.6) is 0 Å². The molecule has 2 rings (SSSR count). The first-order valence-corrected chi connectivity index (χ1v) is 6.82. The summed E-state index contributed by atoms with van der Waals surface area (Å²) < 4.78 is 0. The van der Waals surface area contributed by atoms with E-state index in [9.17, 15) is 9.59 Å². The number of anilines is 1. The van der Waals surface area contributed by atoms with Gasteiger partial charge in [-0.15, -0.1) is 0 Å². The van der Waals surface area contributed by atoms with Crippen molar-refractivity contribution in [1.82, 2.24) is 4.90 Å². The number of hydrogen-bond acceptors (Lipinski definition) is 3. The number of likely N-dealkylation sites (tertiary alicyclic amines) is 1. The smallest absolute Gasteiger partial charge is 0.238 e. The maximum Gasteiger partial charge on any atom is 0.238 e. The van der Waals surface area contributed by atoms with Crippen LogP contribution in [0.4, 0.5) is 5.69 Å². The number of benzene rings is 1. The van der Waals surface area contributed by atoms with E-state index in [1.807, 2.05) is 17.0 Å². The van der Waals surface area contributed by atoms with E-state index in [0.717, 1.165) is 32.1 Å². The Bertz CT molecular complexity index is 465. The number of para-hydroxylation sites is 1. The van der Waals surface area contributed by atoms with Gasteiger partial charge in [-0.3, -0.25) is 9.69 Å². The minimum absolute atomic E-state index is 0.134. The van der Waals surface area contributed by atoms with Gasteiger partial charge in [0, 0.05) is 0 Å². The lowest BCUT2D eigenvalue weighted by Gasteiger charge is -2.31. The number of halogens is 1. The van der Waals surface area contributed by atoms with E-state index in [4.69, 9.17) is 11.6 Å². The summed E-state index contributed by atoms with van der Waals surface area (Å²) in [6, 6.07) is 6.98. The zero-order valence-corrected chi connectivity index (χ0v) is 11.4. The standard InChI is InChI=1S/C14H17ClN2O2/c15-12-6-1-2-7-13(12)16-14(19)9-17-8-4-3-5-11(17)10-18/h1-2,6-7,10-11H,3-5,8-9H2,(H,16,19). The van der Waals surface area contributed by atoms with Crippen LogP contribution in [0, 0.1) is 0 Å². The van der Waals surface area contributed by atoms with E-state index >= 15 is 0 Å². The van der Waals surface area contributed by atoms with Crippen LogP contribution in [0.2, 0.25) is 5.02 Å². The Labute approximate surface area is 117 Å². The van der Waals surface area contributed by atoms with Gasteiger partial charge in [-0.25, -0.2) is 0 Å². The Morgan fingerprint density at radius 3 is 2.95 bits per heavy atom. The fraction of sp³-hybridized carbons (Fsp3) is 0.429. The predicted octanol–water partition coefficient (Wildman–Crippen LogP) is 2.33. The quantitative estimate of drug-likeness (QED) is 0.861. The molecular weight excluding hydrogens is 264 g/mol. The van der Waals surface area contributed by atoms with Gasteiger partial charge in [0.15, 0.2) is 0 Å². The van der Waals surface area contributed by atoms with Crippen molar-refractivity contribution < 1.29 is 9.59 Å². The number of rotatable bonds is 4. The topological polar surface area (TPSA) is 49.4 Å². The third-order valence-electron chi connectivity index (χ3n) is 3.32. The van der Waals surface area contributed by atoms with Crippen LogP contribution in [0.15, 0.2) is 24.3 Å². The highest BCUT2D eigenvalue weighted by molar-refractivity contribution is 6.33. The molecule has 19 heavy (non-hydrogen) atoms. The molecule has 5 heteroatoms. The van der Waals surface area contributed by atoms with Crippen LogP contribution in [0.1, 0.15) is 19.3 Å².